The van der Waals surface area contributed by atoms with E-state index in [9.17, 15) is 4.79 Å². The average Bonchev–Trinajstić information content (AvgIpc) is 2.37. The molecule has 0 aliphatic rings. The molecule has 0 heterocycles. The van der Waals surface area contributed by atoms with Gasteiger partial charge in [-0.3, -0.25) is 4.79 Å². The van der Waals surface area contributed by atoms with Gasteiger partial charge in [0.15, 0.2) is 5.75 Å². The molecule has 21 heavy (non-hydrogen) atoms. The number of ether oxygens (including phenoxy) is 1. The molecule has 2 rings (SSSR count). The van der Waals surface area contributed by atoms with Gasteiger partial charge in [0.2, 0.25) is 0 Å². The Hall–Kier alpha value is -1.73. The number of rotatable bonds is 4. The zero-order chi connectivity index (χ0) is 15.6. The second-order valence-corrected chi connectivity index (χ2v) is 6.06. The van der Waals surface area contributed by atoms with Gasteiger partial charge >= 0.3 is 5.97 Å². The van der Waals surface area contributed by atoms with Crippen molar-refractivity contribution in [1.29, 1.82) is 0 Å². The van der Waals surface area contributed by atoms with Crippen LogP contribution in [0.1, 0.15) is 5.56 Å². The Kier molecular flexibility index (Phi) is 4.74. The van der Waals surface area contributed by atoms with Crippen LogP contribution in [0.4, 0.5) is 11.4 Å². The van der Waals surface area contributed by atoms with Gasteiger partial charge in [0.05, 0.1) is 26.7 Å². The summed E-state index contributed by atoms with van der Waals surface area (Å²) in [7, 11) is 0. The molecular formula is C14H12Br2N2O3. The highest BCUT2D eigenvalue weighted by Gasteiger charge is 2.12. The summed E-state index contributed by atoms with van der Waals surface area (Å²) in [6.07, 6.45) is -0.0632. The zero-order valence-electron chi connectivity index (χ0n) is 10.8. The molecule has 110 valence electrons. The molecule has 5 nitrogen and oxygen atoms in total. The Morgan fingerprint density at radius 3 is 2.24 bits per heavy atom. The van der Waals surface area contributed by atoms with Gasteiger partial charge in [-0.15, -0.1) is 0 Å². The molecule has 0 bridgehead atoms. The van der Waals surface area contributed by atoms with Gasteiger partial charge in [0.1, 0.15) is 5.75 Å². The van der Waals surface area contributed by atoms with Gasteiger partial charge < -0.3 is 21.3 Å². The quantitative estimate of drug-likeness (QED) is 0.659. The van der Waals surface area contributed by atoms with Gasteiger partial charge in [-0.2, -0.15) is 0 Å². The highest BCUT2D eigenvalue weighted by atomic mass is 79.9. The highest BCUT2D eigenvalue weighted by molar-refractivity contribution is 9.11. The van der Waals surface area contributed by atoms with Crippen molar-refractivity contribution in [2.24, 2.45) is 0 Å². The van der Waals surface area contributed by atoms with E-state index in [0.29, 0.717) is 37.4 Å². The number of benzene rings is 2. The van der Waals surface area contributed by atoms with Gasteiger partial charge in [0, 0.05) is 6.07 Å². The van der Waals surface area contributed by atoms with Crippen LogP contribution >= 0.6 is 31.9 Å². The average molecular weight is 416 g/mol. The van der Waals surface area contributed by atoms with Crippen molar-refractivity contribution < 1.29 is 14.6 Å². The highest BCUT2D eigenvalue weighted by Crippen LogP contribution is 2.38. The van der Waals surface area contributed by atoms with E-state index < -0.39 is 5.97 Å². The van der Waals surface area contributed by atoms with E-state index in [-0.39, 0.29) is 6.42 Å². The molecule has 0 spiro atoms. The summed E-state index contributed by atoms with van der Waals surface area (Å²) < 4.78 is 7.04. The van der Waals surface area contributed by atoms with E-state index in [2.05, 4.69) is 31.9 Å². The van der Waals surface area contributed by atoms with Crippen LogP contribution in [-0.4, -0.2) is 11.1 Å². The summed E-state index contributed by atoms with van der Waals surface area (Å²) in [5.41, 5.74) is 13.0. The SMILES string of the molecule is Nc1ccc(Oc2c(Br)cc(CC(=O)O)cc2Br)cc1N. The molecule has 2 aromatic carbocycles. The lowest BCUT2D eigenvalue weighted by molar-refractivity contribution is -0.136. The third-order valence-electron chi connectivity index (χ3n) is 2.69. The van der Waals surface area contributed by atoms with Crippen molar-refractivity contribution in [1.82, 2.24) is 0 Å². The molecule has 0 aromatic heterocycles. The molecule has 5 N–H and O–H groups in total. The smallest absolute Gasteiger partial charge is 0.307 e. The summed E-state index contributed by atoms with van der Waals surface area (Å²) in [4.78, 5) is 10.7. The number of nitrogens with two attached hydrogens (primary N) is 2. The van der Waals surface area contributed by atoms with Crippen molar-refractivity contribution in [3.63, 3.8) is 0 Å². The van der Waals surface area contributed by atoms with Crippen LogP contribution in [0.5, 0.6) is 11.5 Å². The molecule has 0 aliphatic carbocycles. The van der Waals surface area contributed by atoms with E-state index in [1.807, 2.05) is 0 Å². The van der Waals surface area contributed by atoms with Gasteiger partial charge in [-0.25, -0.2) is 0 Å². The van der Waals surface area contributed by atoms with Crippen LogP contribution in [0.25, 0.3) is 0 Å². The lowest BCUT2D eigenvalue weighted by Crippen LogP contribution is -2.00. The fraction of sp³-hybridized carbons (Fsp3) is 0.0714. The molecular weight excluding hydrogens is 404 g/mol. The first-order chi connectivity index (χ1) is 9.86. The van der Waals surface area contributed by atoms with Crippen LogP contribution in [0.2, 0.25) is 0 Å². The maximum Gasteiger partial charge on any atom is 0.307 e. The van der Waals surface area contributed by atoms with Gasteiger partial charge in [-0.05, 0) is 61.7 Å². The standard InChI is InChI=1S/C14H12Br2N2O3/c15-9-3-7(5-13(19)20)4-10(16)14(9)21-8-1-2-11(17)12(18)6-8/h1-4,6H,5,17-18H2,(H,19,20). The van der Waals surface area contributed by atoms with Gasteiger partial charge in [-0.1, -0.05) is 0 Å². The number of carboxylic acid groups (broad SMARTS) is 1. The molecule has 0 fully saturated rings. The number of hydrogen-bond acceptors (Lipinski definition) is 4. The molecule has 7 heteroatoms. The Morgan fingerprint density at radius 2 is 1.71 bits per heavy atom. The van der Waals surface area contributed by atoms with Crippen molar-refractivity contribution >= 4 is 49.2 Å². The lowest BCUT2D eigenvalue weighted by Gasteiger charge is -2.12. The lowest BCUT2D eigenvalue weighted by atomic mass is 10.1. The first-order valence-corrected chi connectivity index (χ1v) is 7.48. The maximum absolute atomic E-state index is 10.7. The first-order valence-electron chi connectivity index (χ1n) is 5.89. The Morgan fingerprint density at radius 1 is 1.10 bits per heavy atom. The second-order valence-electron chi connectivity index (χ2n) is 4.35. The van der Waals surface area contributed by atoms with E-state index in [4.69, 9.17) is 21.3 Å². The minimum absolute atomic E-state index is 0.0632. The van der Waals surface area contributed by atoms with Crippen molar-refractivity contribution in [2.75, 3.05) is 11.5 Å². The van der Waals surface area contributed by atoms with E-state index in [1.165, 1.54) is 0 Å². The van der Waals surface area contributed by atoms with Crippen molar-refractivity contribution in [3.8, 4) is 11.5 Å². The Bertz CT molecular complexity index is 682. The predicted molar refractivity (Wildman–Crippen MR) is 88.5 cm³/mol. The summed E-state index contributed by atoms with van der Waals surface area (Å²) in [5, 5.41) is 8.82. The second kappa shape index (κ2) is 6.36. The van der Waals surface area contributed by atoms with Crippen LogP contribution < -0.4 is 16.2 Å². The molecule has 0 unspecified atom stereocenters. The summed E-state index contributed by atoms with van der Waals surface area (Å²) in [6.45, 7) is 0. The third kappa shape index (κ3) is 3.89. The van der Waals surface area contributed by atoms with Crippen LogP contribution in [-0.2, 0) is 11.2 Å². The summed E-state index contributed by atoms with van der Waals surface area (Å²) >= 11 is 6.75. The van der Waals surface area contributed by atoms with Crippen molar-refractivity contribution in [2.45, 2.75) is 6.42 Å². The number of anilines is 2. The normalized spacial score (nSPS) is 10.4. The number of nitrogen functional groups attached to an aromatic ring is 2. The number of aliphatic carboxylic acids is 1. The maximum atomic E-state index is 10.7. The Labute approximate surface area is 138 Å². The van der Waals surface area contributed by atoms with Crippen LogP contribution in [0.3, 0.4) is 0 Å². The van der Waals surface area contributed by atoms with Gasteiger partial charge in [0.25, 0.3) is 0 Å². The van der Waals surface area contributed by atoms with E-state index in [0.717, 1.165) is 0 Å². The minimum atomic E-state index is -0.895. The van der Waals surface area contributed by atoms with E-state index >= 15 is 0 Å². The number of halogens is 2. The molecule has 0 amide bonds. The molecule has 0 atom stereocenters. The third-order valence-corrected chi connectivity index (χ3v) is 3.87. The molecule has 0 saturated carbocycles. The van der Waals surface area contributed by atoms with Crippen LogP contribution in [0, 0.1) is 0 Å². The molecule has 0 radical (unpaired) electrons. The largest absolute Gasteiger partial charge is 0.481 e. The number of carboxylic acids is 1. The minimum Gasteiger partial charge on any atom is -0.481 e. The fourth-order valence-electron chi connectivity index (χ4n) is 1.72. The fourth-order valence-corrected chi connectivity index (χ4v) is 3.16. The topological polar surface area (TPSA) is 98.6 Å². The number of hydrogen-bond donors (Lipinski definition) is 3. The van der Waals surface area contributed by atoms with Crippen molar-refractivity contribution in [3.05, 3.63) is 44.8 Å². The monoisotopic (exact) mass is 414 g/mol. The first kappa shape index (κ1) is 15.7. The molecule has 2 aromatic rings. The molecule has 0 aliphatic heterocycles. The predicted octanol–water partition coefficient (Wildman–Crippen LogP) is 3.80. The Balaban J connectivity index is 2.31. The summed E-state index contributed by atoms with van der Waals surface area (Å²) in [6, 6.07) is 8.39. The zero-order valence-corrected chi connectivity index (χ0v) is 13.9. The molecule has 0 saturated heterocycles. The van der Waals surface area contributed by atoms with Crippen LogP contribution in [0.15, 0.2) is 39.3 Å². The number of carbonyl (C=O) groups is 1. The summed E-state index contributed by atoms with van der Waals surface area (Å²) in [5.74, 6) is 0.177. The van der Waals surface area contributed by atoms with E-state index in [1.54, 1.807) is 30.3 Å².